The number of carbonyl (C=O) groups is 2. The molecule has 0 saturated carbocycles. The van der Waals surface area contributed by atoms with Crippen molar-refractivity contribution in [3.8, 4) is 11.5 Å². The third-order valence-electron chi connectivity index (χ3n) is 5.87. The molecule has 13 heteroatoms. The van der Waals surface area contributed by atoms with E-state index >= 15 is 0 Å². The Labute approximate surface area is 266 Å². The lowest BCUT2D eigenvalue weighted by molar-refractivity contribution is -0.122. The number of amidine groups is 1. The Balaban J connectivity index is 1.36. The smallest absolute Gasteiger partial charge is 0.267 e. The van der Waals surface area contributed by atoms with Gasteiger partial charge in [0.1, 0.15) is 23.1 Å². The number of hydrogen-bond acceptors (Lipinski definition) is 8. The Hall–Kier alpha value is -4.20. The van der Waals surface area contributed by atoms with E-state index < -0.39 is 11.7 Å². The summed E-state index contributed by atoms with van der Waals surface area (Å²) in [5.41, 5.74) is 1.43. The van der Waals surface area contributed by atoms with E-state index in [2.05, 4.69) is 47.4 Å². The number of phenols is 1. The zero-order chi connectivity index (χ0) is 30.3. The molecule has 0 unspecified atom stereocenters. The molecule has 0 aliphatic carbocycles. The van der Waals surface area contributed by atoms with E-state index in [1.54, 1.807) is 54.6 Å². The summed E-state index contributed by atoms with van der Waals surface area (Å²) in [5.74, 6) is -0.229. The van der Waals surface area contributed by atoms with E-state index in [0.717, 1.165) is 16.2 Å². The van der Waals surface area contributed by atoms with Crippen molar-refractivity contribution in [2.45, 2.75) is 6.54 Å². The number of benzene rings is 3. The summed E-state index contributed by atoms with van der Waals surface area (Å²) in [4.78, 5) is 27.7. The zero-order valence-corrected chi connectivity index (χ0v) is 26.0. The van der Waals surface area contributed by atoms with Gasteiger partial charge in [-0.2, -0.15) is 5.10 Å². The first kappa shape index (κ1) is 30.3. The summed E-state index contributed by atoms with van der Waals surface area (Å²) < 4.78 is 25.6. The summed E-state index contributed by atoms with van der Waals surface area (Å²) in [5, 5.41) is 21.7. The summed E-state index contributed by atoms with van der Waals surface area (Å²) >= 11 is 7.78. The minimum Gasteiger partial charge on any atom is -0.506 e. The number of halogens is 3. The molecule has 43 heavy (non-hydrogen) atoms. The van der Waals surface area contributed by atoms with Gasteiger partial charge in [-0.05, 0) is 88.4 Å². The maximum Gasteiger partial charge on any atom is 0.267 e. The third kappa shape index (κ3) is 7.80. The van der Waals surface area contributed by atoms with E-state index in [4.69, 9.17) is 9.15 Å². The molecule has 5 rings (SSSR count). The molecule has 2 N–H and O–H groups in total. The standard InChI is InChI=1S/C30H21Br2FN4O5S/c31-20-12-19(28(39)24(32)14-20)15-34-36-30-37(16-23-5-3-11-41-23)29(40)26(43-30)13-18-4-1-2-6-25(18)42-17-27(38)35-22-9-7-21(33)8-10-22/h1-15,39H,16-17H2,(H,35,38)/b26-13-,34-15-,36-30+. The van der Waals surface area contributed by atoms with Gasteiger partial charge in [-0.25, -0.2) is 4.39 Å². The van der Waals surface area contributed by atoms with E-state index in [1.807, 2.05) is 0 Å². The summed E-state index contributed by atoms with van der Waals surface area (Å²) in [6.07, 6.45) is 4.55. The zero-order valence-electron chi connectivity index (χ0n) is 22.0. The molecule has 1 aliphatic rings. The van der Waals surface area contributed by atoms with Crippen molar-refractivity contribution in [2.24, 2.45) is 10.2 Å². The summed E-state index contributed by atoms with van der Waals surface area (Å²) in [7, 11) is 0. The molecule has 9 nitrogen and oxygen atoms in total. The van der Waals surface area contributed by atoms with Gasteiger partial charge in [0.15, 0.2) is 11.8 Å². The second kappa shape index (κ2) is 13.8. The average molecular weight is 728 g/mol. The van der Waals surface area contributed by atoms with Crippen LogP contribution in [0.15, 0.2) is 108 Å². The number of aromatic hydroxyl groups is 1. The molecule has 0 bridgehead atoms. The highest BCUT2D eigenvalue weighted by Gasteiger charge is 2.34. The van der Waals surface area contributed by atoms with Crippen LogP contribution in [0.5, 0.6) is 11.5 Å². The van der Waals surface area contributed by atoms with Gasteiger partial charge in [-0.1, -0.05) is 34.1 Å². The van der Waals surface area contributed by atoms with Crippen LogP contribution in [0.4, 0.5) is 10.1 Å². The van der Waals surface area contributed by atoms with Gasteiger partial charge in [0, 0.05) is 21.3 Å². The van der Waals surface area contributed by atoms with Crippen molar-refractivity contribution in [3.05, 3.63) is 116 Å². The topological polar surface area (TPSA) is 117 Å². The van der Waals surface area contributed by atoms with Crippen molar-refractivity contribution in [3.63, 3.8) is 0 Å². The number of para-hydroxylation sites is 1. The Morgan fingerprint density at radius 1 is 1.09 bits per heavy atom. The van der Waals surface area contributed by atoms with Crippen molar-refractivity contribution < 1.29 is 28.2 Å². The van der Waals surface area contributed by atoms with Crippen LogP contribution < -0.4 is 10.1 Å². The van der Waals surface area contributed by atoms with Crippen LogP contribution in [0.1, 0.15) is 16.9 Å². The number of nitrogens with zero attached hydrogens (tertiary/aromatic N) is 3. The van der Waals surface area contributed by atoms with Gasteiger partial charge in [0.05, 0.1) is 28.4 Å². The SMILES string of the molecule is O=C(COc1ccccc1/C=C1\S/C(=N/N=C\c2cc(Br)cc(Br)c2O)N(Cc2ccco2)C1=O)Nc1ccc(F)cc1. The number of furan rings is 1. The molecule has 3 aromatic carbocycles. The molecule has 4 aromatic rings. The molecule has 1 saturated heterocycles. The normalized spacial score (nSPS) is 15.1. The lowest BCUT2D eigenvalue weighted by atomic mass is 10.2. The van der Waals surface area contributed by atoms with Gasteiger partial charge < -0.3 is 19.6 Å². The number of phenolic OH excluding ortho intramolecular Hbond substituents is 1. The van der Waals surface area contributed by atoms with Crippen molar-refractivity contribution in [1.29, 1.82) is 0 Å². The van der Waals surface area contributed by atoms with Gasteiger partial charge in [0.2, 0.25) is 0 Å². The highest BCUT2D eigenvalue weighted by Crippen LogP contribution is 2.36. The van der Waals surface area contributed by atoms with E-state index in [1.165, 1.54) is 41.6 Å². The third-order valence-corrected chi connectivity index (χ3v) is 7.93. The molecule has 218 valence electrons. The largest absolute Gasteiger partial charge is 0.506 e. The molecule has 0 radical (unpaired) electrons. The van der Waals surface area contributed by atoms with Crippen LogP contribution in [-0.2, 0) is 16.1 Å². The highest BCUT2D eigenvalue weighted by molar-refractivity contribution is 9.11. The Morgan fingerprint density at radius 2 is 1.88 bits per heavy atom. The highest BCUT2D eigenvalue weighted by atomic mass is 79.9. The van der Waals surface area contributed by atoms with Gasteiger partial charge in [0.25, 0.3) is 11.8 Å². The molecule has 1 aromatic heterocycles. The number of anilines is 1. The Bertz CT molecular complexity index is 1740. The molecule has 2 heterocycles. The minimum absolute atomic E-state index is 0.00159. The van der Waals surface area contributed by atoms with Crippen LogP contribution in [0.25, 0.3) is 6.08 Å². The second-order valence-electron chi connectivity index (χ2n) is 8.92. The average Bonchev–Trinajstić information content (AvgIpc) is 3.60. The first-order valence-corrected chi connectivity index (χ1v) is 15.0. The predicted molar refractivity (Wildman–Crippen MR) is 170 cm³/mol. The number of nitrogens with one attached hydrogen (secondary N) is 1. The van der Waals surface area contributed by atoms with Crippen LogP contribution >= 0.6 is 43.6 Å². The second-order valence-corrected chi connectivity index (χ2v) is 11.7. The fraction of sp³-hybridized carbons (Fsp3) is 0.0667. The van der Waals surface area contributed by atoms with Gasteiger partial charge in [-0.15, -0.1) is 5.10 Å². The van der Waals surface area contributed by atoms with Crippen LogP contribution in [-0.4, -0.2) is 39.8 Å². The number of carbonyl (C=O) groups excluding carboxylic acids is 2. The molecular formula is C30H21Br2FN4O5S. The fourth-order valence-electron chi connectivity index (χ4n) is 3.85. The fourth-order valence-corrected chi connectivity index (χ4v) is 6.04. The van der Waals surface area contributed by atoms with Gasteiger partial charge in [-0.3, -0.25) is 14.5 Å². The number of ether oxygens (including phenoxy) is 1. The molecule has 0 spiro atoms. The van der Waals surface area contributed by atoms with Crippen molar-refractivity contribution >= 4 is 78.6 Å². The Kier molecular flexibility index (Phi) is 9.75. The summed E-state index contributed by atoms with van der Waals surface area (Å²) in [6.45, 7) is -0.177. The molecule has 1 fully saturated rings. The number of hydrogen-bond donors (Lipinski definition) is 2. The quantitative estimate of drug-likeness (QED) is 0.107. The van der Waals surface area contributed by atoms with E-state index in [-0.39, 0.29) is 24.8 Å². The molecule has 2 amide bonds. The number of rotatable bonds is 9. The minimum atomic E-state index is -0.430. The molecule has 0 atom stereocenters. The first-order chi connectivity index (χ1) is 20.8. The number of amides is 2. The van der Waals surface area contributed by atoms with Crippen LogP contribution in [0.3, 0.4) is 0 Å². The van der Waals surface area contributed by atoms with E-state index in [0.29, 0.717) is 42.9 Å². The maximum absolute atomic E-state index is 13.5. The number of thioether (sulfide) groups is 1. The van der Waals surface area contributed by atoms with Crippen LogP contribution in [0.2, 0.25) is 0 Å². The van der Waals surface area contributed by atoms with E-state index in [9.17, 15) is 19.1 Å². The maximum atomic E-state index is 13.5. The summed E-state index contributed by atoms with van der Waals surface area (Å²) in [6, 6.07) is 19.2. The first-order valence-electron chi connectivity index (χ1n) is 12.6. The lowest BCUT2D eigenvalue weighted by Crippen LogP contribution is -2.28. The molecule has 1 aliphatic heterocycles. The lowest BCUT2D eigenvalue weighted by Gasteiger charge is -2.12. The van der Waals surface area contributed by atoms with Crippen molar-refractivity contribution in [1.82, 2.24) is 4.90 Å². The Morgan fingerprint density at radius 3 is 2.65 bits per heavy atom. The van der Waals surface area contributed by atoms with Gasteiger partial charge >= 0.3 is 0 Å². The molecular weight excluding hydrogens is 707 g/mol. The van der Waals surface area contributed by atoms with Crippen LogP contribution in [0, 0.1) is 5.82 Å². The van der Waals surface area contributed by atoms with Crippen molar-refractivity contribution in [2.75, 3.05) is 11.9 Å². The monoisotopic (exact) mass is 726 g/mol. The predicted octanol–water partition coefficient (Wildman–Crippen LogP) is 7.17.